The molecule has 1 saturated carbocycles. The molecule has 0 saturated heterocycles. The molecular weight excluding hydrogens is 362 g/mol. The predicted molar refractivity (Wildman–Crippen MR) is 98.5 cm³/mol. The number of amides is 1. The van der Waals surface area contributed by atoms with Crippen molar-refractivity contribution in [2.75, 3.05) is 6.54 Å². The van der Waals surface area contributed by atoms with Crippen LogP contribution in [0.2, 0.25) is 0 Å². The summed E-state index contributed by atoms with van der Waals surface area (Å²) in [5.74, 6) is 0.181. The quantitative estimate of drug-likeness (QED) is 0.796. The number of nitrogens with zero attached hydrogens (tertiary/aromatic N) is 1. The third kappa shape index (κ3) is 4.42. The summed E-state index contributed by atoms with van der Waals surface area (Å²) in [6.45, 7) is 2.29. The summed E-state index contributed by atoms with van der Waals surface area (Å²) in [6.07, 6.45) is 4.93. The molecule has 6 nitrogen and oxygen atoms in total. The molecule has 1 fully saturated rings. The minimum atomic E-state index is -3.69. The Balaban J connectivity index is 0.00000225. The molecule has 1 heterocycles. The summed E-state index contributed by atoms with van der Waals surface area (Å²) >= 11 is 0. The van der Waals surface area contributed by atoms with Gasteiger partial charge in [-0.15, -0.1) is 12.4 Å². The molecule has 136 valence electrons. The van der Waals surface area contributed by atoms with Crippen LogP contribution in [0.4, 0.5) is 0 Å². The number of aryl methyl sites for hydroxylation is 1. The first-order valence-corrected chi connectivity index (χ1v) is 9.36. The van der Waals surface area contributed by atoms with Crippen molar-refractivity contribution in [2.45, 2.75) is 30.7 Å². The molecule has 1 aliphatic rings. The van der Waals surface area contributed by atoms with Gasteiger partial charge in [0.05, 0.1) is 10.5 Å². The van der Waals surface area contributed by atoms with Crippen molar-refractivity contribution in [2.24, 2.45) is 11.7 Å². The maximum Gasteiger partial charge on any atom is 0.267 e. The van der Waals surface area contributed by atoms with Crippen LogP contribution in [0.15, 0.2) is 47.6 Å². The van der Waals surface area contributed by atoms with E-state index in [1.807, 2.05) is 6.92 Å². The van der Waals surface area contributed by atoms with Gasteiger partial charge in [-0.1, -0.05) is 17.7 Å². The molecule has 0 radical (unpaired) electrons. The fraction of sp³-hybridized carbons (Fsp3) is 0.353. The Kier molecular flexibility index (Phi) is 5.92. The van der Waals surface area contributed by atoms with E-state index in [2.05, 4.69) is 5.32 Å². The second-order valence-corrected chi connectivity index (χ2v) is 8.10. The first kappa shape index (κ1) is 19.5. The maximum atomic E-state index is 12.6. The lowest BCUT2D eigenvalue weighted by molar-refractivity contribution is 0.0950. The van der Waals surface area contributed by atoms with Gasteiger partial charge in [0.15, 0.2) is 0 Å². The monoisotopic (exact) mass is 383 g/mol. The van der Waals surface area contributed by atoms with Crippen LogP contribution >= 0.6 is 12.4 Å². The molecule has 1 amide bonds. The highest BCUT2D eigenvalue weighted by Gasteiger charge is 2.28. The Hall–Kier alpha value is -1.83. The molecule has 1 unspecified atom stereocenters. The van der Waals surface area contributed by atoms with Gasteiger partial charge in [0.2, 0.25) is 0 Å². The summed E-state index contributed by atoms with van der Waals surface area (Å²) in [7, 11) is -3.69. The van der Waals surface area contributed by atoms with Gasteiger partial charge in [0, 0.05) is 25.0 Å². The van der Waals surface area contributed by atoms with Crippen LogP contribution in [0, 0.1) is 12.8 Å². The fourth-order valence-electron chi connectivity index (χ4n) is 2.50. The lowest BCUT2D eigenvalue weighted by Crippen LogP contribution is -2.38. The first-order valence-electron chi connectivity index (χ1n) is 7.92. The minimum Gasteiger partial charge on any atom is -0.350 e. The third-order valence-corrected chi connectivity index (χ3v) is 5.90. The van der Waals surface area contributed by atoms with E-state index in [1.54, 1.807) is 24.3 Å². The largest absolute Gasteiger partial charge is 0.350 e. The average molecular weight is 384 g/mol. The molecule has 25 heavy (non-hydrogen) atoms. The Labute approximate surface area is 153 Å². The molecule has 0 aliphatic heterocycles. The summed E-state index contributed by atoms with van der Waals surface area (Å²) in [5.41, 5.74) is 7.23. The van der Waals surface area contributed by atoms with Crippen LogP contribution in [-0.2, 0) is 10.0 Å². The summed E-state index contributed by atoms with van der Waals surface area (Å²) in [5, 5.41) is 2.76. The summed E-state index contributed by atoms with van der Waals surface area (Å²) in [6, 6.07) is 8.04. The molecule has 1 atom stereocenters. The van der Waals surface area contributed by atoms with Gasteiger partial charge >= 0.3 is 0 Å². The number of nitrogens with one attached hydrogen (secondary N) is 1. The van der Waals surface area contributed by atoms with Crippen LogP contribution in [0.5, 0.6) is 0 Å². The number of benzene rings is 1. The highest BCUT2D eigenvalue weighted by Crippen LogP contribution is 2.31. The molecule has 3 N–H and O–H groups in total. The van der Waals surface area contributed by atoms with Crippen molar-refractivity contribution >= 4 is 28.3 Å². The molecule has 1 aliphatic carbocycles. The first-order chi connectivity index (χ1) is 11.4. The maximum absolute atomic E-state index is 12.6. The van der Waals surface area contributed by atoms with Crippen molar-refractivity contribution in [3.05, 3.63) is 53.9 Å². The van der Waals surface area contributed by atoms with Crippen LogP contribution < -0.4 is 11.1 Å². The van der Waals surface area contributed by atoms with Gasteiger partial charge < -0.3 is 11.1 Å². The van der Waals surface area contributed by atoms with E-state index in [0.29, 0.717) is 18.0 Å². The van der Waals surface area contributed by atoms with E-state index in [0.717, 1.165) is 22.4 Å². The molecule has 1 aromatic carbocycles. The van der Waals surface area contributed by atoms with E-state index >= 15 is 0 Å². The Bertz CT molecular complexity index is 842. The molecule has 2 aromatic rings. The Morgan fingerprint density at radius 1 is 1.28 bits per heavy atom. The SMILES string of the molecule is Cc1ccc(S(=O)(=O)n2ccc(C(=O)NCC(N)C3CC3)c2)cc1.Cl. The van der Waals surface area contributed by atoms with Gasteiger partial charge in [-0.05, 0) is 43.9 Å². The highest BCUT2D eigenvalue weighted by atomic mass is 35.5. The van der Waals surface area contributed by atoms with Crippen LogP contribution in [-0.4, -0.2) is 30.9 Å². The molecular formula is C17H22ClN3O3S. The molecule has 0 bridgehead atoms. The van der Waals surface area contributed by atoms with E-state index in [9.17, 15) is 13.2 Å². The van der Waals surface area contributed by atoms with E-state index in [-0.39, 0.29) is 29.3 Å². The van der Waals surface area contributed by atoms with E-state index in [1.165, 1.54) is 18.5 Å². The molecule has 8 heteroatoms. The standard InChI is InChI=1S/C17H21N3O3S.ClH/c1-12-2-6-15(7-3-12)24(22,23)20-9-8-14(11-20)17(21)19-10-16(18)13-4-5-13;/h2-3,6-9,11,13,16H,4-5,10,18H2,1H3,(H,19,21);1H. The topological polar surface area (TPSA) is 94.2 Å². The summed E-state index contributed by atoms with van der Waals surface area (Å²) in [4.78, 5) is 12.3. The average Bonchev–Trinajstić information content (AvgIpc) is 3.28. The van der Waals surface area contributed by atoms with Crippen molar-refractivity contribution in [1.82, 2.24) is 9.29 Å². The molecule has 0 spiro atoms. The number of hydrogen-bond donors (Lipinski definition) is 2. The Morgan fingerprint density at radius 3 is 2.52 bits per heavy atom. The normalized spacial score (nSPS) is 15.3. The van der Waals surface area contributed by atoms with E-state index < -0.39 is 10.0 Å². The third-order valence-electron chi connectivity index (χ3n) is 4.25. The number of aromatic nitrogens is 1. The molecule has 1 aromatic heterocycles. The van der Waals surface area contributed by atoms with Gasteiger partial charge in [-0.25, -0.2) is 12.4 Å². The molecule has 3 rings (SSSR count). The number of hydrogen-bond acceptors (Lipinski definition) is 4. The Morgan fingerprint density at radius 2 is 1.92 bits per heavy atom. The van der Waals surface area contributed by atoms with Gasteiger partial charge in [-0.3, -0.25) is 4.79 Å². The van der Waals surface area contributed by atoms with Gasteiger partial charge in [0.25, 0.3) is 15.9 Å². The smallest absolute Gasteiger partial charge is 0.267 e. The second kappa shape index (κ2) is 7.59. The van der Waals surface area contributed by atoms with Crippen molar-refractivity contribution in [3.63, 3.8) is 0 Å². The minimum absolute atomic E-state index is 0. The van der Waals surface area contributed by atoms with Crippen molar-refractivity contribution < 1.29 is 13.2 Å². The zero-order valence-corrected chi connectivity index (χ0v) is 15.5. The number of carbonyl (C=O) groups excluding carboxylic acids is 1. The van der Waals surface area contributed by atoms with Crippen LogP contribution in [0.25, 0.3) is 0 Å². The summed E-state index contributed by atoms with van der Waals surface area (Å²) < 4.78 is 26.2. The number of nitrogens with two attached hydrogens (primary N) is 1. The van der Waals surface area contributed by atoms with Crippen molar-refractivity contribution in [3.8, 4) is 0 Å². The number of halogens is 1. The second-order valence-electron chi connectivity index (χ2n) is 6.26. The number of rotatable bonds is 6. The lowest BCUT2D eigenvalue weighted by atomic mass is 10.2. The fourth-order valence-corrected chi connectivity index (χ4v) is 3.69. The highest BCUT2D eigenvalue weighted by molar-refractivity contribution is 7.90. The predicted octanol–water partition coefficient (Wildman–Crippen LogP) is 1.92. The zero-order valence-electron chi connectivity index (χ0n) is 13.9. The van der Waals surface area contributed by atoms with E-state index in [4.69, 9.17) is 5.73 Å². The van der Waals surface area contributed by atoms with Gasteiger partial charge in [-0.2, -0.15) is 0 Å². The zero-order chi connectivity index (χ0) is 17.3. The van der Waals surface area contributed by atoms with Crippen molar-refractivity contribution in [1.29, 1.82) is 0 Å². The number of carbonyl (C=O) groups is 1. The van der Waals surface area contributed by atoms with Crippen LogP contribution in [0.1, 0.15) is 28.8 Å². The lowest BCUT2D eigenvalue weighted by Gasteiger charge is -2.10. The van der Waals surface area contributed by atoms with Crippen LogP contribution in [0.3, 0.4) is 0 Å². The van der Waals surface area contributed by atoms with Gasteiger partial charge in [0.1, 0.15) is 0 Å².